The molecule has 0 aliphatic heterocycles. The summed E-state index contributed by atoms with van der Waals surface area (Å²) in [5, 5.41) is 3.36. The molecule has 5 nitrogen and oxygen atoms in total. The predicted octanol–water partition coefficient (Wildman–Crippen LogP) is 2.75. The minimum atomic E-state index is -0.303. The van der Waals surface area contributed by atoms with Gasteiger partial charge in [-0.3, -0.25) is 9.59 Å². The number of hydrogen-bond acceptors (Lipinski definition) is 4. The molecule has 1 N–H and O–H groups in total. The molecule has 2 rings (SSSR count). The van der Waals surface area contributed by atoms with E-state index < -0.39 is 0 Å². The number of rotatable bonds is 7. The quantitative estimate of drug-likeness (QED) is 0.782. The van der Waals surface area contributed by atoms with Crippen LogP contribution in [0, 0.1) is 0 Å². The van der Waals surface area contributed by atoms with Crippen LogP contribution in [-0.4, -0.2) is 25.6 Å². The van der Waals surface area contributed by atoms with E-state index >= 15 is 0 Å². The van der Waals surface area contributed by atoms with Gasteiger partial charge in [0.1, 0.15) is 5.75 Å². The maximum Gasteiger partial charge on any atom is 0.309 e. The predicted molar refractivity (Wildman–Crippen MR) is 91.0 cm³/mol. The van der Waals surface area contributed by atoms with Crippen LogP contribution in [0.5, 0.6) is 5.75 Å². The van der Waals surface area contributed by atoms with Gasteiger partial charge in [0.15, 0.2) is 6.61 Å². The average Bonchev–Trinajstić information content (AvgIpc) is 2.60. The SMILES string of the molecule is COC(=O)Cc1ccc(OCC(=O)NCc2ccccc2Cl)cc1. The molecule has 0 heterocycles. The lowest BCUT2D eigenvalue weighted by molar-refractivity contribution is -0.139. The highest BCUT2D eigenvalue weighted by Crippen LogP contribution is 2.15. The summed E-state index contributed by atoms with van der Waals surface area (Å²) < 4.78 is 10.0. The van der Waals surface area contributed by atoms with Crippen LogP contribution in [0.1, 0.15) is 11.1 Å². The summed E-state index contributed by atoms with van der Waals surface area (Å²) >= 11 is 6.03. The highest BCUT2D eigenvalue weighted by Gasteiger charge is 2.06. The molecular weight excluding hydrogens is 330 g/mol. The molecule has 0 spiro atoms. The topological polar surface area (TPSA) is 64.6 Å². The Bertz CT molecular complexity index is 700. The smallest absolute Gasteiger partial charge is 0.309 e. The zero-order valence-corrected chi connectivity index (χ0v) is 14.0. The van der Waals surface area contributed by atoms with E-state index in [1.165, 1.54) is 7.11 Å². The number of ether oxygens (including phenoxy) is 2. The van der Waals surface area contributed by atoms with Crippen LogP contribution in [-0.2, 0) is 27.3 Å². The minimum Gasteiger partial charge on any atom is -0.484 e. The van der Waals surface area contributed by atoms with Gasteiger partial charge < -0.3 is 14.8 Å². The molecule has 2 aromatic rings. The van der Waals surface area contributed by atoms with Gasteiger partial charge >= 0.3 is 5.97 Å². The maximum atomic E-state index is 11.8. The molecule has 0 aliphatic carbocycles. The fourth-order valence-electron chi connectivity index (χ4n) is 1.98. The number of carbonyl (C=O) groups excluding carboxylic acids is 2. The molecule has 0 atom stereocenters. The Morgan fingerprint density at radius 1 is 1.08 bits per heavy atom. The van der Waals surface area contributed by atoms with Gasteiger partial charge in [0, 0.05) is 11.6 Å². The van der Waals surface area contributed by atoms with Gasteiger partial charge in [0.25, 0.3) is 5.91 Å². The molecule has 0 aliphatic rings. The van der Waals surface area contributed by atoms with E-state index in [1.54, 1.807) is 30.3 Å². The van der Waals surface area contributed by atoms with Gasteiger partial charge in [-0.15, -0.1) is 0 Å². The Morgan fingerprint density at radius 3 is 2.46 bits per heavy atom. The third-order valence-electron chi connectivity index (χ3n) is 3.30. The maximum absolute atomic E-state index is 11.8. The second-order valence-corrected chi connectivity index (χ2v) is 5.46. The van der Waals surface area contributed by atoms with Crippen LogP contribution in [0.2, 0.25) is 5.02 Å². The van der Waals surface area contributed by atoms with Crippen molar-refractivity contribution in [3.63, 3.8) is 0 Å². The Morgan fingerprint density at radius 2 is 1.79 bits per heavy atom. The lowest BCUT2D eigenvalue weighted by Crippen LogP contribution is -2.28. The molecule has 0 unspecified atom stereocenters. The summed E-state index contributed by atoms with van der Waals surface area (Å²) in [6.45, 7) is 0.251. The van der Waals surface area contributed by atoms with Gasteiger partial charge in [-0.2, -0.15) is 0 Å². The number of halogens is 1. The van der Waals surface area contributed by atoms with Crippen molar-refractivity contribution in [2.75, 3.05) is 13.7 Å². The monoisotopic (exact) mass is 347 g/mol. The number of methoxy groups -OCH3 is 1. The van der Waals surface area contributed by atoms with Crippen molar-refractivity contribution in [3.05, 3.63) is 64.7 Å². The Hall–Kier alpha value is -2.53. The Labute approximate surface area is 145 Å². The first kappa shape index (κ1) is 17.8. The van der Waals surface area contributed by atoms with Crippen LogP contribution in [0.3, 0.4) is 0 Å². The third-order valence-corrected chi connectivity index (χ3v) is 3.67. The summed E-state index contributed by atoms with van der Waals surface area (Å²) in [5.41, 5.74) is 1.66. The molecule has 6 heteroatoms. The molecule has 0 aromatic heterocycles. The van der Waals surface area contributed by atoms with Crippen molar-refractivity contribution in [2.45, 2.75) is 13.0 Å². The molecular formula is C18H18ClNO4. The van der Waals surface area contributed by atoms with Gasteiger partial charge in [0.05, 0.1) is 13.5 Å². The number of benzene rings is 2. The van der Waals surface area contributed by atoms with E-state index in [0.717, 1.165) is 11.1 Å². The zero-order chi connectivity index (χ0) is 17.4. The second kappa shape index (κ2) is 8.93. The first-order valence-corrected chi connectivity index (χ1v) is 7.75. The summed E-state index contributed by atoms with van der Waals surface area (Å²) in [7, 11) is 1.35. The minimum absolute atomic E-state index is 0.0964. The second-order valence-electron chi connectivity index (χ2n) is 5.05. The molecule has 0 bridgehead atoms. The van der Waals surface area contributed by atoms with E-state index in [4.69, 9.17) is 16.3 Å². The van der Waals surface area contributed by atoms with Crippen molar-refractivity contribution in [3.8, 4) is 5.75 Å². The molecule has 0 fully saturated rings. The first-order chi connectivity index (χ1) is 11.6. The fourth-order valence-corrected chi connectivity index (χ4v) is 2.18. The van der Waals surface area contributed by atoms with Crippen molar-refractivity contribution < 1.29 is 19.1 Å². The highest BCUT2D eigenvalue weighted by atomic mass is 35.5. The fraction of sp³-hybridized carbons (Fsp3) is 0.222. The summed E-state index contributed by atoms with van der Waals surface area (Å²) in [5.74, 6) is 0.00712. The first-order valence-electron chi connectivity index (χ1n) is 7.37. The number of amides is 1. The molecule has 126 valence electrons. The molecule has 24 heavy (non-hydrogen) atoms. The molecule has 1 amide bonds. The van der Waals surface area contributed by atoms with Crippen molar-refractivity contribution in [2.24, 2.45) is 0 Å². The van der Waals surface area contributed by atoms with Gasteiger partial charge in [-0.05, 0) is 29.3 Å². The number of hydrogen-bond donors (Lipinski definition) is 1. The van der Waals surface area contributed by atoms with Gasteiger partial charge in [-0.25, -0.2) is 0 Å². The van der Waals surface area contributed by atoms with E-state index in [-0.39, 0.29) is 24.9 Å². The van der Waals surface area contributed by atoms with Crippen molar-refractivity contribution >= 4 is 23.5 Å². The molecule has 2 aromatic carbocycles. The van der Waals surface area contributed by atoms with Crippen LogP contribution in [0.15, 0.2) is 48.5 Å². The third kappa shape index (κ3) is 5.59. The summed E-state index contributed by atoms with van der Waals surface area (Å²) in [4.78, 5) is 23.0. The highest BCUT2D eigenvalue weighted by molar-refractivity contribution is 6.31. The average molecular weight is 348 g/mol. The van der Waals surface area contributed by atoms with Crippen LogP contribution in [0.4, 0.5) is 0 Å². The molecule has 0 saturated heterocycles. The van der Waals surface area contributed by atoms with Crippen LogP contribution in [0.25, 0.3) is 0 Å². The standard InChI is InChI=1S/C18H18ClNO4/c1-23-18(22)10-13-6-8-15(9-7-13)24-12-17(21)20-11-14-4-2-3-5-16(14)19/h2-9H,10-12H2,1H3,(H,20,21). The normalized spacial score (nSPS) is 10.1. The van der Waals surface area contributed by atoms with Gasteiger partial charge in [-0.1, -0.05) is 41.9 Å². The lowest BCUT2D eigenvalue weighted by atomic mass is 10.1. The van der Waals surface area contributed by atoms with E-state index in [9.17, 15) is 9.59 Å². The van der Waals surface area contributed by atoms with E-state index in [1.807, 2.05) is 18.2 Å². The number of carbonyl (C=O) groups is 2. The van der Waals surface area contributed by atoms with Crippen LogP contribution >= 0.6 is 11.6 Å². The zero-order valence-electron chi connectivity index (χ0n) is 13.3. The van der Waals surface area contributed by atoms with Crippen molar-refractivity contribution in [1.29, 1.82) is 0 Å². The van der Waals surface area contributed by atoms with E-state index in [0.29, 0.717) is 17.3 Å². The van der Waals surface area contributed by atoms with Crippen LogP contribution < -0.4 is 10.1 Å². The number of nitrogens with one attached hydrogen (secondary N) is 1. The summed E-state index contributed by atoms with van der Waals surface area (Å²) in [6.07, 6.45) is 0.203. The molecule has 0 radical (unpaired) electrons. The molecule has 0 saturated carbocycles. The largest absolute Gasteiger partial charge is 0.484 e. The Kier molecular flexibility index (Phi) is 6.63. The lowest BCUT2D eigenvalue weighted by Gasteiger charge is -2.09. The van der Waals surface area contributed by atoms with E-state index in [2.05, 4.69) is 10.1 Å². The summed E-state index contributed by atoms with van der Waals surface area (Å²) in [6, 6.07) is 14.3. The van der Waals surface area contributed by atoms with Crippen molar-refractivity contribution in [1.82, 2.24) is 5.32 Å². The van der Waals surface area contributed by atoms with Gasteiger partial charge in [0.2, 0.25) is 0 Å². The number of esters is 1. The Balaban J connectivity index is 1.77.